The monoisotopic (exact) mass is 202 g/mol. The van der Waals surface area contributed by atoms with Gasteiger partial charge in [0.05, 0.1) is 0 Å². The predicted octanol–water partition coefficient (Wildman–Crippen LogP) is 2.09. The van der Waals surface area contributed by atoms with Crippen LogP contribution in [0.3, 0.4) is 0 Å². The molecule has 0 aliphatic heterocycles. The van der Waals surface area contributed by atoms with E-state index in [1.807, 2.05) is 25.3 Å². The van der Waals surface area contributed by atoms with Crippen molar-refractivity contribution < 1.29 is 0 Å². The van der Waals surface area contributed by atoms with Gasteiger partial charge in [-0.2, -0.15) is 5.10 Å². The lowest BCUT2D eigenvalue weighted by atomic mass is 10.1. The van der Waals surface area contributed by atoms with Gasteiger partial charge in [0.15, 0.2) is 0 Å². The van der Waals surface area contributed by atoms with E-state index in [-0.39, 0.29) is 0 Å². The van der Waals surface area contributed by atoms with Gasteiger partial charge in [0.2, 0.25) is 0 Å². The fourth-order valence-corrected chi connectivity index (χ4v) is 1.36. The molecule has 0 spiro atoms. The average molecular weight is 202 g/mol. The molecule has 4 nitrogen and oxygen atoms in total. The first kappa shape index (κ1) is 9.83. The Labute approximate surface area is 89.0 Å². The van der Waals surface area contributed by atoms with Crippen LogP contribution >= 0.6 is 0 Å². The molecule has 78 valence electrons. The maximum Gasteiger partial charge on any atom is 0.250 e. The van der Waals surface area contributed by atoms with Crippen LogP contribution < -0.4 is 0 Å². The minimum Gasteiger partial charge on any atom is -0.216 e. The summed E-state index contributed by atoms with van der Waals surface area (Å²) in [5.74, 6) is 1.05. The molecule has 0 saturated heterocycles. The summed E-state index contributed by atoms with van der Waals surface area (Å²) in [6, 6.07) is 3.87. The van der Waals surface area contributed by atoms with E-state index in [0.717, 1.165) is 11.4 Å². The molecule has 0 aliphatic carbocycles. The van der Waals surface area contributed by atoms with Crippen molar-refractivity contribution in [1.82, 2.24) is 19.7 Å². The van der Waals surface area contributed by atoms with Crippen molar-refractivity contribution in [2.75, 3.05) is 0 Å². The number of hydrogen-bond acceptors (Lipinski definition) is 3. The fourth-order valence-electron chi connectivity index (χ4n) is 1.36. The minimum atomic E-state index is 0.404. The summed E-state index contributed by atoms with van der Waals surface area (Å²) in [4.78, 5) is 8.81. The van der Waals surface area contributed by atoms with Gasteiger partial charge in [0.1, 0.15) is 0 Å². The molecule has 0 fully saturated rings. The van der Waals surface area contributed by atoms with E-state index < -0.39 is 0 Å². The molecule has 4 heteroatoms. The third-order valence-corrected chi connectivity index (χ3v) is 2.16. The third-order valence-electron chi connectivity index (χ3n) is 2.16. The van der Waals surface area contributed by atoms with Crippen LogP contribution in [0.5, 0.6) is 0 Å². The highest BCUT2D eigenvalue weighted by molar-refractivity contribution is 5.19. The van der Waals surface area contributed by atoms with E-state index in [4.69, 9.17) is 0 Å². The maximum absolute atomic E-state index is 4.46. The lowest BCUT2D eigenvalue weighted by Crippen LogP contribution is -2.06. The third kappa shape index (κ3) is 2.03. The zero-order chi connectivity index (χ0) is 10.8. The highest BCUT2D eigenvalue weighted by Crippen LogP contribution is 2.13. The van der Waals surface area contributed by atoms with Gasteiger partial charge in [-0.15, -0.1) is 0 Å². The summed E-state index contributed by atoms with van der Waals surface area (Å²) < 4.78 is 1.68. The van der Waals surface area contributed by atoms with E-state index in [0.29, 0.717) is 11.9 Å². The molecular formula is C11H14N4. The van der Waals surface area contributed by atoms with Crippen LogP contribution in [0.4, 0.5) is 0 Å². The zero-order valence-electron chi connectivity index (χ0n) is 9.18. The van der Waals surface area contributed by atoms with Crippen molar-refractivity contribution >= 4 is 0 Å². The van der Waals surface area contributed by atoms with E-state index in [1.54, 1.807) is 10.9 Å². The fraction of sp³-hybridized carbons (Fsp3) is 0.364. The summed E-state index contributed by atoms with van der Waals surface area (Å²) in [6.45, 7) is 6.21. The number of rotatable bonds is 2. The maximum atomic E-state index is 4.46. The first-order chi connectivity index (χ1) is 7.16. The standard InChI is InChI=1S/C11H14N4/c1-8(2)10-7-9(3)13-11(14-10)15-6-4-5-12-15/h4-8H,1-3H3. The first-order valence-electron chi connectivity index (χ1n) is 5.02. The van der Waals surface area contributed by atoms with Gasteiger partial charge in [0.25, 0.3) is 5.95 Å². The van der Waals surface area contributed by atoms with Gasteiger partial charge < -0.3 is 0 Å². The molecule has 2 aromatic rings. The number of aromatic nitrogens is 4. The van der Waals surface area contributed by atoms with Crippen LogP contribution in [0, 0.1) is 6.92 Å². The van der Waals surface area contributed by atoms with Crippen LogP contribution in [0.25, 0.3) is 5.95 Å². The molecule has 2 heterocycles. The number of nitrogens with zero attached hydrogens (tertiary/aromatic N) is 4. The normalized spacial score (nSPS) is 10.9. The van der Waals surface area contributed by atoms with Crippen molar-refractivity contribution in [2.45, 2.75) is 26.7 Å². The van der Waals surface area contributed by atoms with Gasteiger partial charge >= 0.3 is 0 Å². The second-order valence-electron chi connectivity index (χ2n) is 3.84. The zero-order valence-corrected chi connectivity index (χ0v) is 9.18. The molecule has 15 heavy (non-hydrogen) atoms. The van der Waals surface area contributed by atoms with Crippen molar-refractivity contribution in [3.8, 4) is 5.95 Å². The molecule has 0 amide bonds. The van der Waals surface area contributed by atoms with E-state index in [1.165, 1.54) is 0 Å². The smallest absolute Gasteiger partial charge is 0.216 e. The van der Waals surface area contributed by atoms with Crippen molar-refractivity contribution in [3.63, 3.8) is 0 Å². The number of aryl methyl sites for hydroxylation is 1. The quantitative estimate of drug-likeness (QED) is 0.749. The molecule has 0 unspecified atom stereocenters. The van der Waals surface area contributed by atoms with Gasteiger partial charge in [-0.1, -0.05) is 13.8 Å². The largest absolute Gasteiger partial charge is 0.250 e. The Kier molecular flexibility index (Phi) is 2.49. The Bertz CT molecular complexity index is 446. The summed E-state index contributed by atoms with van der Waals surface area (Å²) in [5, 5.41) is 4.12. The predicted molar refractivity (Wildman–Crippen MR) is 58.0 cm³/mol. The van der Waals surface area contributed by atoms with Crippen molar-refractivity contribution in [3.05, 3.63) is 35.9 Å². The minimum absolute atomic E-state index is 0.404. The SMILES string of the molecule is Cc1cc(C(C)C)nc(-n2cccn2)n1. The van der Waals surface area contributed by atoms with Crippen LogP contribution in [0.15, 0.2) is 24.5 Å². The van der Waals surface area contributed by atoms with Gasteiger partial charge in [-0.05, 0) is 25.0 Å². The van der Waals surface area contributed by atoms with Crippen molar-refractivity contribution in [2.24, 2.45) is 0 Å². The van der Waals surface area contributed by atoms with Gasteiger partial charge in [0, 0.05) is 23.8 Å². The topological polar surface area (TPSA) is 43.6 Å². The van der Waals surface area contributed by atoms with Gasteiger partial charge in [-0.3, -0.25) is 0 Å². The Balaban J connectivity index is 2.49. The van der Waals surface area contributed by atoms with Crippen LogP contribution in [-0.2, 0) is 0 Å². The molecule has 0 bridgehead atoms. The second kappa shape index (κ2) is 3.81. The van der Waals surface area contributed by atoms with Crippen molar-refractivity contribution in [1.29, 1.82) is 0 Å². The van der Waals surface area contributed by atoms with E-state index in [9.17, 15) is 0 Å². The van der Waals surface area contributed by atoms with Crippen LogP contribution in [0.2, 0.25) is 0 Å². The van der Waals surface area contributed by atoms with E-state index >= 15 is 0 Å². The Morgan fingerprint density at radius 1 is 1.27 bits per heavy atom. The summed E-state index contributed by atoms with van der Waals surface area (Å²) >= 11 is 0. The molecule has 0 saturated carbocycles. The number of hydrogen-bond donors (Lipinski definition) is 0. The van der Waals surface area contributed by atoms with Crippen LogP contribution in [0.1, 0.15) is 31.2 Å². The molecule has 0 radical (unpaired) electrons. The lowest BCUT2D eigenvalue weighted by Gasteiger charge is -2.07. The Morgan fingerprint density at radius 3 is 2.67 bits per heavy atom. The van der Waals surface area contributed by atoms with Gasteiger partial charge in [-0.25, -0.2) is 14.6 Å². The van der Waals surface area contributed by atoms with Crippen LogP contribution in [-0.4, -0.2) is 19.7 Å². The summed E-state index contributed by atoms with van der Waals surface area (Å²) in [5.41, 5.74) is 2.02. The summed E-state index contributed by atoms with van der Waals surface area (Å²) in [6.07, 6.45) is 3.57. The molecule has 2 rings (SSSR count). The molecule has 0 atom stereocenters. The first-order valence-corrected chi connectivity index (χ1v) is 5.02. The Morgan fingerprint density at radius 2 is 2.07 bits per heavy atom. The summed E-state index contributed by atoms with van der Waals surface area (Å²) in [7, 11) is 0. The molecule has 0 aromatic carbocycles. The highest BCUT2D eigenvalue weighted by atomic mass is 15.3. The van der Waals surface area contributed by atoms with E-state index in [2.05, 4.69) is 28.9 Å². The molecule has 0 N–H and O–H groups in total. The lowest BCUT2D eigenvalue weighted by molar-refractivity contribution is 0.750. The molecule has 0 aliphatic rings. The second-order valence-corrected chi connectivity index (χ2v) is 3.84. The Hall–Kier alpha value is -1.71. The average Bonchev–Trinajstić information content (AvgIpc) is 2.69. The molecular weight excluding hydrogens is 188 g/mol. The molecule has 2 aromatic heterocycles. The highest BCUT2D eigenvalue weighted by Gasteiger charge is 2.06.